The van der Waals surface area contributed by atoms with Gasteiger partial charge < -0.3 is 15.3 Å². The summed E-state index contributed by atoms with van der Waals surface area (Å²) in [6, 6.07) is 1.82. The molecule has 0 radical (unpaired) electrons. The molecule has 2 N–H and O–H groups in total. The van der Waals surface area contributed by atoms with E-state index in [1.807, 2.05) is 6.07 Å². The summed E-state index contributed by atoms with van der Waals surface area (Å²) in [5, 5.41) is 16.6. The third kappa shape index (κ3) is 2.55. The van der Waals surface area contributed by atoms with E-state index in [1.165, 1.54) is 0 Å². The lowest BCUT2D eigenvalue weighted by atomic mass is 10.1. The van der Waals surface area contributed by atoms with E-state index < -0.39 is 0 Å². The molecule has 0 amide bonds. The van der Waals surface area contributed by atoms with E-state index in [1.54, 1.807) is 24.1 Å². The number of piperidine rings is 1. The monoisotopic (exact) mass is 275 g/mol. The zero-order valence-corrected chi connectivity index (χ0v) is 11.3. The van der Waals surface area contributed by atoms with Crippen LogP contribution in [-0.2, 0) is 0 Å². The van der Waals surface area contributed by atoms with Gasteiger partial charge >= 0.3 is 0 Å². The smallest absolute Gasteiger partial charge is 0.257 e. The van der Waals surface area contributed by atoms with Gasteiger partial charge in [-0.15, -0.1) is 0 Å². The van der Waals surface area contributed by atoms with Crippen molar-refractivity contribution >= 4 is 11.9 Å². The molecule has 106 valence electrons. The van der Waals surface area contributed by atoms with Crippen LogP contribution in [-0.4, -0.2) is 56.1 Å². The SMILES string of the molecule is CNc1nc(N2CCC(O)CC2)nc(-n2cccn2)n1. The van der Waals surface area contributed by atoms with Crippen molar-refractivity contribution in [3.05, 3.63) is 18.5 Å². The van der Waals surface area contributed by atoms with E-state index in [9.17, 15) is 5.11 Å². The lowest BCUT2D eigenvalue weighted by Gasteiger charge is -2.29. The van der Waals surface area contributed by atoms with E-state index in [0.717, 1.165) is 25.9 Å². The first-order valence-corrected chi connectivity index (χ1v) is 6.63. The van der Waals surface area contributed by atoms with E-state index in [-0.39, 0.29) is 6.10 Å². The van der Waals surface area contributed by atoms with Gasteiger partial charge in [0.1, 0.15) is 0 Å². The first kappa shape index (κ1) is 12.8. The molecular weight excluding hydrogens is 258 g/mol. The molecule has 0 aliphatic carbocycles. The van der Waals surface area contributed by atoms with Crippen LogP contribution >= 0.6 is 0 Å². The van der Waals surface area contributed by atoms with Crippen LogP contribution in [0.3, 0.4) is 0 Å². The quantitative estimate of drug-likeness (QED) is 0.818. The summed E-state index contributed by atoms with van der Waals surface area (Å²) in [6.07, 6.45) is 4.72. The Morgan fingerprint density at radius 2 is 1.95 bits per heavy atom. The van der Waals surface area contributed by atoms with Crippen LogP contribution in [0.5, 0.6) is 0 Å². The highest BCUT2D eigenvalue weighted by Gasteiger charge is 2.20. The Kier molecular flexibility index (Phi) is 3.46. The van der Waals surface area contributed by atoms with Crippen molar-refractivity contribution in [1.29, 1.82) is 0 Å². The molecular formula is C12H17N7O. The van der Waals surface area contributed by atoms with Gasteiger partial charge in [0, 0.05) is 32.5 Å². The van der Waals surface area contributed by atoms with Crippen molar-refractivity contribution in [2.24, 2.45) is 0 Å². The van der Waals surface area contributed by atoms with Crippen LogP contribution in [0.1, 0.15) is 12.8 Å². The number of hydrogen-bond acceptors (Lipinski definition) is 7. The molecule has 0 atom stereocenters. The molecule has 0 spiro atoms. The molecule has 1 saturated heterocycles. The Bertz CT molecular complexity index is 563. The number of aliphatic hydroxyl groups excluding tert-OH is 1. The summed E-state index contributed by atoms with van der Waals surface area (Å²) in [5.74, 6) is 1.60. The third-order valence-electron chi connectivity index (χ3n) is 3.29. The number of nitrogens with one attached hydrogen (secondary N) is 1. The molecule has 0 saturated carbocycles. The second kappa shape index (κ2) is 5.41. The Hall–Kier alpha value is -2.22. The maximum absolute atomic E-state index is 9.57. The minimum Gasteiger partial charge on any atom is -0.393 e. The molecule has 1 fully saturated rings. The number of rotatable bonds is 3. The minimum absolute atomic E-state index is 0.220. The lowest BCUT2D eigenvalue weighted by Crippen LogP contribution is -2.37. The maximum atomic E-state index is 9.57. The van der Waals surface area contributed by atoms with Gasteiger partial charge in [-0.1, -0.05) is 0 Å². The van der Waals surface area contributed by atoms with Crippen LogP contribution in [0.25, 0.3) is 5.95 Å². The first-order valence-electron chi connectivity index (χ1n) is 6.63. The number of aromatic nitrogens is 5. The molecule has 1 aliphatic rings. The predicted molar refractivity (Wildman–Crippen MR) is 73.9 cm³/mol. The van der Waals surface area contributed by atoms with Gasteiger partial charge in [0.15, 0.2) is 0 Å². The van der Waals surface area contributed by atoms with E-state index >= 15 is 0 Å². The van der Waals surface area contributed by atoms with Crippen LogP contribution in [0, 0.1) is 0 Å². The van der Waals surface area contributed by atoms with Crippen molar-refractivity contribution in [2.75, 3.05) is 30.4 Å². The highest BCUT2D eigenvalue weighted by molar-refractivity contribution is 5.40. The molecule has 0 aromatic carbocycles. The zero-order valence-electron chi connectivity index (χ0n) is 11.3. The van der Waals surface area contributed by atoms with Crippen molar-refractivity contribution in [3.63, 3.8) is 0 Å². The Balaban J connectivity index is 1.92. The molecule has 8 heteroatoms. The lowest BCUT2D eigenvalue weighted by molar-refractivity contribution is 0.145. The summed E-state index contributed by atoms with van der Waals surface area (Å²) in [6.45, 7) is 1.49. The maximum Gasteiger partial charge on any atom is 0.257 e. The normalized spacial score (nSPS) is 16.4. The molecule has 3 heterocycles. The summed E-state index contributed by atoms with van der Waals surface area (Å²) >= 11 is 0. The standard InChI is InChI=1S/C12H17N7O/c1-13-10-15-11(18-7-3-9(20)4-8-18)17-12(16-10)19-6-2-5-14-19/h2,5-6,9,20H,3-4,7-8H2,1H3,(H,13,15,16,17). The predicted octanol–water partition coefficient (Wildman–Crippen LogP) is 0.0601. The van der Waals surface area contributed by atoms with Gasteiger partial charge in [-0.05, 0) is 18.9 Å². The Labute approximate surface area is 116 Å². The largest absolute Gasteiger partial charge is 0.393 e. The summed E-state index contributed by atoms with van der Waals surface area (Å²) in [4.78, 5) is 15.2. The third-order valence-corrected chi connectivity index (χ3v) is 3.29. The Morgan fingerprint density at radius 1 is 1.20 bits per heavy atom. The molecule has 2 aromatic rings. The second-order valence-electron chi connectivity index (χ2n) is 4.68. The van der Waals surface area contributed by atoms with Crippen molar-refractivity contribution < 1.29 is 5.11 Å². The van der Waals surface area contributed by atoms with Gasteiger partial charge in [0.25, 0.3) is 5.95 Å². The van der Waals surface area contributed by atoms with E-state index in [2.05, 4.69) is 30.3 Å². The fraction of sp³-hybridized carbons (Fsp3) is 0.500. The van der Waals surface area contributed by atoms with Crippen molar-refractivity contribution in [3.8, 4) is 5.95 Å². The van der Waals surface area contributed by atoms with Crippen molar-refractivity contribution in [1.82, 2.24) is 24.7 Å². The minimum atomic E-state index is -0.220. The molecule has 1 aliphatic heterocycles. The van der Waals surface area contributed by atoms with Gasteiger partial charge in [-0.25, -0.2) is 4.68 Å². The first-order chi connectivity index (χ1) is 9.76. The van der Waals surface area contributed by atoms with Crippen LogP contribution in [0.2, 0.25) is 0 Å². The van der Waals surface area contributed by atoms with E-state index in [0.29, 0.717) is 17.8 Å². The average Bonchev–Trinajstić information content (AvgIpc) is 3.02. The molecule has 2 aromatic heterocycles. The second-order valence-corrected chi connectivity index (χ2v) is 4.68. The highest BCUT2D eigenvalue weighted by atomic mass is 16.3. The van der Waals surface area contributed by atoms with Crippen LogP contribution < -0.4 is 10.2 Å². The zero-order chi connectivity index (χ0) is 13.9. The fourth-order valence-electron chi connectivity index (χ4n) is 2.16. The van der Waals surface area contributed by atoms with Gasteiger partial charge in [-0.3, -0.25) is 0 Å². The molecule has 0 unspecified atom stereocenters. The molecule has 20 heavy (non-hydrogen) atoms. The Morgan fingerprint density at radius 3 is 2.60 bits per heavy atom. The van der Waals surface area contributed by atoms with Gasteiger partial charge in [-0.2, -0.15) is 20.1 Å². The number of aliphatic hydroxyl groups is 1. The number of nitrogens with zero attached hydrogens (tertiary/aromatic N) is 6. The van der Waals surface area contributed by atoms with Gasteiger partial charge in [0.05, 0.1) is 6.10 Å². The van der Waals surface area contributed by atoms with Crippen molar-refractivity contribution in [2.45, 2.75) is 18.9 Å². The molecule has 3 rings (SSSR count). The summed E-state index contributed by atoms with van der Waals surface area (Å²) < 4.78 is 1.60. The summed E-state index contributed by atoms with van der Waals surface area (Å²) in [7, 11) is 1.77. The van der Waals surface area contributed by atoms with Crippen LogP contribution in [0.15, 0.2) is 18.5 Å². The molecule has 0 bridgehead atoms. The highest BCUT2D eigenvalue weighted by Crippen LogP contribution is 2.18. The molecule has 8 nitrogen and oxygen atoms in total. The average molecular weight is 275 g/mol. The van der Waals surface area contributed by atoms with Crippen LogP contribution in [0.4, 0.5) is 11.9 Å². The number of anilines is 2. The van der Waals surface area contributed by atoms with Gasteiger partial charge in [0.2, 0.25) is 11.9 Å². The topological polar surface area (TPSA) is 92.0 Å². The number of hydrogen-bond donors (Lipinski definition) is 2. The van der Waals surface area contributed by atoms with E-state index in [4.69, 9.17) is 0 Å². The summed E-state index contributed by atoms with van der Waals surface area (Å²) in [5.41, 5.74) is 0. The fourth-order valence-corrected chi connectivity index (χ4v) is 2.16.